The van der Waals surface area contributed by atoms with Crippen molar-refractivity contribution in [3.8, 4) is 0 Å². The van der Waals surface area contributed by atoms with E-state index in [4.69, 9.17) is 11.6 Å². The summed E-state index contributed by atoms with van der Waals surface area (Å²) in [6, 6.07) is 8.87. The van der Waals surface area contributed by atoms with Crippen LogP contribution in [0.5, 0.6) is 0 Å². The largest absolute Gasteiger partial charge is 0.347 e. The number of nitrogens with zero attached hydrogens (tertiary/aromatic N) is 2. The van der Waals surface area contributed by atoms with Gasteiger partial charge in [0, 0.05) is 20.6 Å². The summed E-state index contributed by atoms with van der Waals surface area (Å²) in [5.41, 5.74) is 0.766. The molecule has 2 unspecified atom stereocenters. The summed E-state index contributed by atoms with van der Waals surface area (Å²) in [5.74, 6) is -0.219. The highest BCUT2D eigenvalue weighted by Gasteiger charge is 2.37. The van der Waals surface area contributed by atoms with Crippen molar-refractivity contribution in [1.29, 1.82) is 0 Å². The topological polar surface area (TPSA) is 40.6 Å². The maximum absolute atomic E-state index is 12.5. The number of likely N-dealkylation sites (tertiary alicyclic amines) is 1. The minimum Gasteiger partial charge on any atom is -0.347 e. The maximum atomic E-state index is 12.5. The Morgan fingerprint density at radius 2 is 1.95 bits per heavy atom. The molecule has 1 aromatic carbocycles. The van der Waals surface area contributed by atoms with Gasteiger partial charge in [0.25, 0.3) is 0 Å². The van der Waals surface area contributed by atoms with Crippen LogP contribution in [0, 0.1) is 0 Å². The number of alkyl halides is 1. The number of carbonyl (C=O) groups is 2. The van der Waals surface area contributed by atoms with Crippen molar-refractivity contribution in [2.24, 2.45) is 0 Å². The van der Waals surface area contributed by atoms with Gasteiger partial charge in [0.2, 0.25) is 11.8 Å². The summed E-state index contributed by atoms with van der Waals surface area (Å²) in [4.78, 5) is 27.8. The van der Waals surface area contributed by atoms with E-state index in [0.29, 0.717) is 13.0 Å². The molecule has 2 atom stereocenters. The molecule has 20 heavy (non-hydrogen) atoms. The van der Waals surface area contributed by atoms with Gasteiger partial charge < -0.3 is 9.80 Å². The van der Waals surface area contributed by atoms with Crippen LogP contribution in [0.2, 0.25) is 0 Å². The molecule has 1 saturated heterocycles. The molecular formula is C15H19ClN2O2. The quantitative estimate of drug-likeness (QED) is 0.801. The van der Waals surface area contributed by atoms with Gasteiger partial charge in [-0.05, 0) is 18.4 Å². The molecule has 0 aliphatic carbocycles. The van der Waals surface area contributed by atoms with Crippen molar-refractivity contribution < 1.29 is 9.59 Å². The minimum absolute atomic E-state index is 0.0345. The highest BCUT2D eigenvalue weighted by Crippen LogP contribution is 2.28. The molecule has 4 nitrogen and oxygen atoms in total. The van der Waals surface area contributed by atoms with Gasteiger partial charge in [0.1, 0.15) is 11.4 Å². The second kappa shape index (κ2) is 6.27. The molecular weight excluding hydrogens is 276 g/mol. The summed E-state index contributed by atoms with van der Waals surface area (Å²) in [6.45, 7) is 0.596. The van der Waals surface area contributed by atoms with Crippen LogP contribution < -0.4 is 0 Å². The number of likely N-dealkylation sites (N-methyl/N-ethyl adjacent to an activating group) is 1. The lowest BCUT2D eigenvalue weighted by molar-refractivity contribution is -0.142. The number of rotatable bonds is 3. The Kier molecular flexibility index (Phi) is 4.65. The van der Waals surface area contributed by atoms with Crippen LogP contribution >= 0.6 is 11.6 Å². The van der Waals surface area contributed by atoms with E-state index in [9.17, 15) is 9.59 Å². The Hall–Kier alpha value is -1.55. The molecule has 2 amide bonds. The highest BCUT2D eigenvalue weighted by atomic mass is 35.5. The SMILES string of the molecule is CN(C)C(=O)C1CCCN1C(=O)C(Cl)c1ccccc1. The summed E-state index contributed by atoms with van der Waals surface area (Å²) in [5, 5.41) is -0.730. The number of amides is 2. The first-order valence-corrected chi connectivity index (χ1v) is 7.16. The first kappa shape index (κ1) is 14.9. The number of benzene rings is 1. The van der Waals surface area contributed by atoms with E-state index in [-0.39, 0.29) is 17.9 Å². The Labute approximate surface area is 124 Å². The van der Waals surface area contributed by atoms with Crippen molar-refractivity contribution in [3.05, 3.63) is 35.9 Å². The van der Waals surface area contributed by atoms with Crippen molar-refractivity contribution in [3.63, 3.8) is 0 Å². The van der Waals surface area contributed by atoms with Crippen molar-refractivity contribution >= 4 is 23.4 Å². The van der Waals surface area contributed by atoms with E-state index >= 15 is 0 Å². The molecule has 1 aliphatic heterocycles. The van der Waals surface area contributed by atoms with Gasteiger partial charge in [-0.3, -0.25) is 9.59 Å². The number of carbonyl (C=O) groups excluding carboxylic acids is 2. The summed E-state index contributed by atoms with van der Waals surface area (Å²) in [6.07, 6.45) is 1.55. The van der Waals surface area contributed by atoms with Crippen LogP contribution in [0.25, 0.3) is 0 Å². The third-order valence-corrected chi connectivity index (χ3v) is 4.01. The smallest absolute Gasteiger partial charge is 0.245 e. The third-order valence-electron chi connectivity index (χ3n) is 3.57. The van der Waals surface area contributed by atoms with Crippen molar-refractivity contribution in [1.82, 2.24) is 9.80 Å². The van der Waals surface area contributed by atoms with E-state index in [0.717, 1.165) is 12.0 Å². The highest BCUT2D eigenvalue weighted by molar-refractivity contribution is 6.30. The summed E-state index contributed by atoms with van der Waals surface area (Å²) >= 11 is 6.27. The molecule has 0 saturated carbocycles. The molecule has 1 heterocycles. The lowest BCUT2D eigenvalue weighted by atomic mass is 10.1. The first-order chi connectivity index (χ1) is 9.52. The van der Waals surface area contributed by atoms with E-state index in [1.54, 1.807) is 19.0 Å². The van der Waals surface area contributed by atoms with Gasteiger partial charge in [-0.2, -0.15) is 0 Å². The molecule has 1 aliphatic rings. The predicted molar refractivity (Wildman–Crippen MR) is 78.5 cm³/mol. The van der Waals surface area contributed by atoms with Crippen LogP contribution in [-0.2, 0) is 9.59 Å². The molecule has 0 aromatic heterocycles. The van der Waals surface area contributed by atoms with Crippen LogP contribution in [0.1, 0.15) is 23.8 Å². The number of halogens is 1. The average Bonchev–Trinajstić information content (AvgIpc) is 2.94. The number of hydrogen-bond donors (Lipinski definition) is 0. The van der Waals surface area contributed by atoms with Crippen LogP contribution in [0.3, 0.4) is 0 Å². The second-order valence-electron chi connectivity index (χ2n) is 5.20. The van der Waals surface area contributed by atoms with E-state index < -0.39 is 5.38 Å². The van der Waals surface area contributed by atoms with Gasteiger partial charge in [-0.25, -0.2) is 0 Å². The lowest BCUT2D eigenvalue weighted by Crippen LogP contribution is -2.46. The fourth-order valence-electron chi connectivity index (χ4n) is 2.50. The molecule has 108 valence electrons. The normalized spacial score (nSPS) is 19.8. The zero-order chi connectivity index (χ0) is 14.7. The molecule has 1 aromatic rings. The second-order valence-corrected chi connectivity index (χ2v) is 5.63. The fraction of sp³-hybridized carbons (Fsp3) is 0.467. The summed E-state index contributed by atoms with van der Waals surface area (Å²) in [7, 11) is 3.41. The van der Waals surface area contributed by atoms with Gasteiger partial charge in [0.15, 0.2) is 0 Å². The van der Waals surface area contributed by atoms with Gasteiger partial charge in [-0.15, -0.1) is 11.6 Å². The molecule has 0 spiro atoms. The summed E-state index contributed by atoms with van der Waals surface area (Å²) < 4.78 is 0. The Morgan fingerprint density at radius 3 is 2.55 bits per heavy atom. The van der Waals surface area contributed by atoms with Gasteiger partial charge in [-0.1, -0.05) is 30.3 Å². The van der Waals surface area contributed by atoms with E-state index in [2.05, 4.69) is 0 Å². The van der Waals surface area contributed by atoms with Crippen LogP contribution in [0.15, 0.2) is 30.3 Å². The average molecular weight is 295 g/mol. The van der Waals surface area contributed by atoms with Crippen molar-refractivity contribution in [2.45, 2.75) is 24.3 Å². The third kappa shape index (κ3) is 2.96. The molecule has 0 N–H and O–H groups in total. The molecule has 2 rings (SSSR count). The van der Waals surface area contributed by atoms with E-state index in [1.165, 1.54) is 4.90 Å². The standard InChI is InChI=1S/C15H19ClN2O2/c1-17(2)14(19)12-9-6-10-18(12)15(20)13(16)11-7-4-3-5-8-11/h3-5,7-8,12-13H,6,9-10H2,1-2H3. The molecule has 1 fully saturated rings. The van der Waals surface area contributed by atoms with Crippen LogP contribution in [0.4, 0.5) is 0 Å². The zero-order valence-corrected chi connectivity index (χ0v) is 12.5. The molecule has 0 bridgehead atoms. The van der Waals surface area contributed by atoms with E-state index in [1.807, 2.05) is 30.3 Å². The monoisotopic (exact) mass is 294 g/mol. The first-order valence-electron chi connectivity index (χ1n) is 6.73. The Bertz CT molecular complexity index is 490. The number of hydrogen-bond acceptors (Lipinski definition) is 2. The Balaban J connectivity index is 2.14. The maximum Gasteiger partial charge on any atom is 0.245 e. The van der Waals surface area contributed by atoms with Gasteiger partial charge >= 0.3 is 0 Å². The fourth-order valence-corrected chi connectivity index (χ4v) is 2.77. The molecule has 5 heteroatoms. The van der Waals surface area contributed by atoms with Gasteiger partial charge in [0.05, 0.1) is 0 Å². The van der Waals surface area contributed by atoms with Crippen LogP contribution in [-0.4, -0.2) is 48.3 Å². The predicted octanol–water partition coefficient (Wildman–Crippen LogP) is 2.05. The van der Waals surface area contributed by atoms with Crippen molar-refractivity contribution in [2.75, 3.05) is 20.6 Å². The zero-order valence-electron chi connectivity index (χ0n) is 11.8. The molecule has 0 radical (unpaired) electrons. The minimum atomic E-state index is -0.730. The lowest BCUT2D eigenvalue weighted by Gasteiger charge is -2.28. The Morgan fingerprint density at radius 1 is 1.30 bits per heavy atom.